The van der Waals surface area contributed by atoms with Crippen LogP contribution in [-0.4, -0.2) is 34.7 Å². The minimum absolute atomic E-state index is 0.00114. The van der Waals surface area contributed by atoms with Gasteiger partial charge in [-0.1, -0.05) is 70.9 Å². The highest BCUT2D eigenvalue weighted by Crippen LogP contribution is 2.41. The van der Waals surface area contributed by atoms with Gasteiger partial charge >= 0.3 is 5.97 Å². The summed E-state index contributed by atoms with van der Waals surface area (Å²) in [7, 11) is 0. The molecule has 1 aromatic heterocycles. The van der Waals surface area contributed by atoms with E-state index in [1.54, 1.807) is 54.6 Å². The number of esters is 1. The first kappa shape index (κ1) is 29.9. The summed E-state index contributed by atoms with van der Waals surface area (Å²) in [5.74, 6) is -2.09. The quantitative estimate of drug-likeness (QED) is 0.0901. The molecule has 0 radical (unpaired) electrons. The third-order valence-corrected chi connectivity index (χ3v) is 9.04. The molecular formula is C35H28BrClN2O5. The van der Waals surface area contributed by atoms with Crippen molar-refractivity contribution in [3.63, 3.8) is 0 Å². The van der Waals surface area contributed by atoms with Crippen LogP contribution < -0.4 is 4.90 Å². The Morgan fingerprint density at radius 1 is 1.05 bits per heavy atom. The van der Waals surface area contributed by atoms with E-state index in [0.717, 1.165) is 10.0 Å². The highest BCUT2D eigenvalue weighted by Gasteiger charge is 2.50. The fourth-order valence-corrected chi connectivity index (χ4v) is 6.87. The van der Waals surface area contributed by atoms with Gasteiger partial charge in [-0.25, -0.2) is 9.78 Å². The van der Waals surface area contributed by atoms with Gasteiger partial charge in [0.25, 0.3) is 0 Å². The number of ketones is 1. The molecule has 1 aliphatic heterocycles. The van der Waals surface area contributed by atoms with Gasteiger partial charge in [-0.3, -0.25) is 19.3 Å². The SMILES string of the molecule is Cc1cc(Br)cc2c(C(=O)OC(C)C(=O)c3cccc(Cl)c3)cc(-c3ccc(N4C(=O)C5CC=CC(C)C5C4=O)cc3)nc12. The second-order valence-electron chi connectivity index (χ2n) is 11.3. The number of carbonyl (C=O) groups excluding carboxylic acids is 4. The normalized spacial score (nSPS) is 20.1. The number of imide groups is 1. The number of rotatable bonds is 6. The first-order valence-corrected chi connectivity index (χ1v) is 15.5. The first-order chi connectivity index (χ1) is 21.0. The number of pyridine rings is 1. The van der Waals surface area contributed by atoms with Crippen LogP contribution in [0, 0.1) is 24.7 Å². The van der Waals surface area contributed by atoms with Crippen LogP contribution in [0.1, 0.15) is 46.5 Å². The zero-order valence-corrected chi connectivity index (χ0v) is 26.6. The number of aryl methyl sites for hydroxylation is 1. The van der Waals surface area contributed by atoms with Crippen molar-refractivity contribution < 1.29 is 23.9 Å². The molecule has 0 N–H and O–H groups in total. The maximum Gasteiger partial charge on any atom is 0.339 e. The summed E-state index contributed by atoms with van der Waals surface area (Å²) in [4.78, 5) is 59.2. The highest BCUT2D eigenvalue weighted by atomic mass is 79.9. The summed E-state index contributed by atoms with van der Waals surface area (Å²) in [5, 5.41) is 0.983. The van der Waals surface area contributed by atoms with E-state index in [9.17, 15) is 19.2 Å². The van der Waals surface area contributed by atoms with Gasteiger partial charge in [-0.2, -0.15) is 0 Å². The number of hydrogen-bond donors (Lipinski definition) is 0. The van der Waals surface area contributed by atoms with Gasteiger partial charge in [-0.05, 0) is 74.2 Å². The second kappa shape index (κ2) is 11.7. The van der Waals surface area contributed by atoms with E-state index < -0.39 is 12.1 Å². The molecule has 4 unspecified atom stereocenters. The summed E-state index contributed by atoms with van der Waals surface area (Å²) in [5.41, 5.74) is 3.72. The number of anilines is 1. The minimum atomic E-state index is -1.06. The van der Waals surface area contributed by atoms with Crippen LogP contribution in [0.15, 0.2) is 83.4 Å². The average molecular weight is 672 g/mol. The van der Waals surface area contributed by atoms with Crippen molar-refractivity contribution in [2.45, 2.75) is 33.3 Å². The van der Waals surface area contributed by atoms with E-state index >= 15 is 0 Å². The van der Waals surface area contributed by atoms with E-state index in [2.05, 4.69) is 15.9 Å². The summed E-state index contributed by atoms with van der Waals surface area (Å²) >= 11 is 9.56. The lowest BCUT2D eigenvalue weighted by atomic mass is 9.78. The van der Waals surface area contributed by atoms with Crippen LogP contribution in [-0.2, 0) is 14.3 Å². The molecule has 6 rings (SSSR count). The van der Waals surface area contributed by atoms with Crippen molar-refractivity contribution in [3.8, 4) is 11.3 Å². The molecule has 2 aliphatic rings. The lowest BCUT2D eigenvalue weighted by Crippen LogP contribution is -2.31. The lowest BCUT2D eigenvalue weighted by molar-refractivity contribution is -0.122. The standard InChI is InChI=1S/C35H28BrClN2O5/c1-18-6-4-9-26-30(18)34(42)39(33(26)41)25-12-10-21(11-13-25)29-17-28(27-16-23(36)14-19(2)31(27)38-29)35(43)44-20(3)32(40)22-7-5-8-24(37)15-22/h4-8,10-18,20,26,30H,9H2,1-3H3. The van der Waals surface area contributed by atoms with Gasteiger partial charge in [-0.15, -0.1) is 0 Å². The van der Waals surface area contributed by atoms with Crippen molar-refractivity contribution in [2.24, 2.45) is 17.8 Å². The zero-order chi connectivity index (χ0) is 31.3. The number of fused-ring (bicyclic) bond motifs is 2. The van der Waals surface area contributed by atoms with Crippen molar-refractivity contribution in [1.29, 1.82) is 0 Å². The van der Waals surface area contributed by atoms with Crippen molar-refractivity contribution in [1.82, 2.24) is 4.98 Å². The fraction of sp³-hybridized carbons (Fsp3) is 0.229. The summed E-state index contributed by atoms with van der Waals surface area (Å²) in [6.45, 7) is 5.39. The number of carbonyl (C=O) groups is 4. The molecule has 2 amide bonds. The number of halogens is 2. The Balaban J connectivity index is 1.33. The van der Waals surface area contributed by atoms with Crippen molar-refractivity contribution in [2.75, 3.05) is 4.90 Å². The summed E-state index contributed by atoms with van der Waals surface area (Å²) in [6.07, 6.45) is 3.48. The molecule has 2 heterocycles. The Hall–Kier alpha value is -4.14. The molecule has 3 aromatic carbocycles. The zero-order valence-electron chi connectivity index (χ0n) is 24.2. The summed E-state index contributed by atoms with van der Waals surface area (Å²) < 4.78 is 6.44. The summed E-state index contributed by atoms with van der Waals surface area (Å²) in [6, 6.07) is 18.8. The fourth-order valence-electron chi connectivity index (χ4n) is 6.11. The molecule has 1 fully saturated rings. The molecule has 1 saturated heterocycles. The van der Waals surface area contributed by atoms with Crippen molar-refractivity contribution in [3.05, 3.63) is 105 Å². The number of allylic oxidation sites excluding steroid dienone is 2. The molecule has 0 saturated carbocycles. The van der Waals surface area contributed by atoms with E-state index in [4.69, 9.17) is 21.3 Å². The largest absolute Gasteiger partial charge is 0.451 e. The van der Waals surface area contributed by atoms with Crippen LogP contribution in [0.2, 0.25) is 5.02 Å². The van der Waals surface area contributed by atoms with Gasteiger partial charge in [0.2, 0.25) is 17.6 Å². The molecule has 9 heteroatoms. The van der Waals surface area contributed by atoms with Gasteiger partial charge in [0, 0.05) is 26.0 Å². The Labute approximate surface area is 268 Å². The molecule has 7 nitrogen and oxygen atoms in total. The van der Waals surface area contributed by atoms with Gasteiger partial charge in [0.1, 0.15) is 0 Å². The third-order valence-electron chi connectivity index (χ3n) is 8.34. The van der Waals surface area contributed by atoms with Crippen LogP contribution in [0.4, 0.5) is 5.69 Å². The van der Waals surface area contributed by atoms with Gasteiger partial charge in [0.15, 0.2) is 6.10 Å². The molecule has 4 atom stereocenters. The van der Waals surface area contributed by atoms with E-state index in [-0.39, 0.29) is 40.9 Å². The number of aromatic nitrogens is 1. The molecule has 0 bridgehead atoms. The average Bonchev–Trinajstić information content (AvgIpc) is 3.26. The van der Waals surface area contributed by atoms with E-state index in [1.165, 1.54) is 17.9 Å². The van der Waals surface area contributed by atoms with Crippen LogP contribution in [0.5, 0.6) is 0 Å². The molecule has 0 spiro atoms. The number of amides is 2. The molecule has 1 aliphatic carbocycles. The minimum Gasteiger partial charge on any atom is -0.451 e. The maximum absolute atomic E-state index is 13.6. The monoisotopic (exact) mass is 670 g/mol. The Morgan fingerprint density at radius 2 is 1.80 bits per heavy atom. The predicted octanol–water partition coefficient (Wildman–Crippen LogP) is 7.76. The topological polar surface area (TPSA) is 93.6 Å². The Kier molecular flexibility index (Phi) is 7.99. The molecule has 44 heavy (non-hydrogen) atoms. The lowest BCUT2D eigenvalue weighted by Gasteiger charge is -2.22. The van der Waals surface area contributed by atoms with Crippen molar-refractivity contribution >= 4 is 67.7 Å². The number of benzene rings is 3. The van der Waals surface area contributed by atoms with Gasteiger partial charge in [0.05, 0.1) is 34.3 Å². The molecular weight excluding hydrogens is 644 g/mol. The second-order valence-corrected chi connectivity index (χ2v) is 12.7. The van der Waals surface area contributed by atoms with Crippen LogP contribution in [0.25, 0.3) is 22.2 Å². The van der Waals surface area contributed by atoms with Crippen LogP contribution in [0.3, 0.4) is 0 Å². The van der Waals surface area contributed by atoms with E-state index in [0.29, 0.717) is 44.9 Å². The number of Topliss-reactive ketones (excluding diaryl/α,β-unsaturated/α-hetero) is 1. The number of ether oxygens (including phenoxy) is 1. The van der Waals surface area contributed by atoms with Crippen LogP contribution >= 0.6 is 27.5 Å². The highest BCUT2D eigenvalue weighted by molar-refractivity contribution is 9.10. The third kappa shape index (κ3) is 5.37. The Bertz CT molecular complexity index is 1890. The first-order valence-electron chi connectivity index (χ1n) is 14.3. The molecule has 4 aromatic rings. The van der Waals surface area contributed by atoms with E-state index in [1.807, 2.05) is 32.1 Å². The Morgan fingerprint density at radius 3 is 2.50 bits per heavy atom. The smallest absolute Gasteiger partial charge is 0.339 e. The predicted molar refractivity (Wildman–Crippen MR) is 173 cm³/mol. The maximum atomic E-state index is 13.6. The number of nitrogens with zero attached hydrogens (tertiary/aromatic N) is 2. The van der Waals surface area contributed by atoms with Gasteiger partial charge < -0.3 is 4.74 Å². The molecule has 222 valence electrons. The number of hydrogen-bond acceptors (Lipinski definition) is 6.